The fraction of sp³-hybridized carbons (Fsp3) is 0.118. The Bertz CT molecular complexity index is 866. The van der Waals surface area contributed by atoms with Crippen molar-refractivity contribution in [3.8, 4) is 5.69 Å². The van der Waals surface area contributed by atoms with Crippen LogP contribution in [0.5, 0.6) is 0 Å². The number of benzene rings is 1. The lowest BCUT2D eigenvalue weighted by molar-refractivity contribution is -0.116. The van der Waals surface area contributed by atoms with E-state index in [0.717, 1.165) is 11.8 Å². The first-order valence-corrected chi connectivity index (χ1v) is 7.60. The maximum Gasteiger partial charge on any atom is 0.224 e. The molecule has 0 fully saturated rings. The SMILES string of the molecule is CC(=O)N(Cc1ccccc1)c1cn(-c2cncc(F)c2)nc1Cl. The summed E-state index contributed by atoms with van der Waals surface area (Å²) in [4.78, 5) is 17.4. The van der Waals surface area contributed by atoms with Crippen LogP contribution >= 0.6 is 11.6 Å². The number of aromatic nitrogens is 3. The zero-order chi connectivity index (χ0) is 17.1. The fourth-order valence-corrected chi connectivity index (χ4v) is 2.55. The van der Waals surface area contributed by atoms with E-state index in [1.807, 2.05) is 30.3 Å². The smallest absolute Gasteiger partial charge is 0.224 e. The second-order valence-electron chi connectivity index (χ2n) is 5.20. The van der Waals surface area contributed by atoms with Gasteiger partial charge in [0.15, 0.2) is 5.15 Å². The van der Waals surface area contributed by atoms with Crippen LogP contribution in [0, 0.1) is 5.82 Å². The first-order valence-electron chi connectivity index (χ1n) is 7.22. The summed E-state index contributed by atoms with van der Waals surface area (Å²) in [5, 5.41) is 4.31. The molecule has 0 aliphatic carbocycles. The molecular weight excluding hydrogens is 331 g/mol. The molecule has 122 valence electrons. The van der Waals surface area contributed by atoms with E-state index < -0.39 is 5.82 Å². The van der Waals surface area contributed by atoms with Gasteiger partial charge in [-0.2, -0.15) is 5.10 Å². The quantitative estimate of drug-likeness (QED) is 0.726. The molecule has 0 aliphatic rings. The van der Waals surface area contributed by atoms with E-state index in [9.17, 15) is 9.18 Å². The molecular formula is C17H14ClFN4O. The summed E-state index contributed by atoms with van der Waals surface area (Å²) >= 11 is 6.20. The third-order valence-corrected chi connectivity index (χ3v) is 3.73. The minimum Gasteiger partial charge on any atom is -0.304 e. The standard InChI is InChI=1S/C17H14ClFN4O/c1-12(24)22(10-13-5-3-2-4-6-13)16-11-23(21-17(16)18)15-7-14(19)8-20-9-15/h2-9,11H,10H2,1H3. The highest BCUT2D eigenvalue weighted by Crippen LogP contribution is 2.27. The van der Waals surface area contributed by atoms with E-state index in [4.69, 9.17) is 11.6 Å². The van der Waals surface area contributed by atoms with Crippen LogP contribution in [0.3, 0.4) is 0 Å². The number of pyridine rings is 1. The molecule has 3 aromatic rings. The molecule has 0 unspecified atom stereocenters. The number of carbonyl (C=O) groups excluding carboxylic acids is 1. The largest absolute Gasteiger partial charge is 0.304 e. The lowest BCUT2D eigenvalue weighted by Gasteiger charge is -2.19. The number of hydrogen-bond acceptors (Lipinski definition) is 3. The molecule has 1 amide bonds. The van der Waals surface area contributed by atoms with Gasteiger partial charge in [-0.1, -0.05) is 41.9 Å². The topological polar surface area (TPSA) is 51.0 Å². The Kier molecular flexibility index (Phi) is 4.57. The van der Waals surface area contributed by atoms with Gasteiger partial charge in [0.05, 0.1) is 30.8 Å². The first kappa shape index (κ1) is 16.1. The molecule has 7 heteroatoms. The van der Waals surface area contributed by atoms with Crippen LogP contribution in [0.2, 0.25) is 5.15 Å². The number of amides is 1. The Morgan fingerprint density at radius 3 is 2.71 bits per heavy atom. The molecule has 0 atom stereocenters. The number of halogens is 2. The predicted octanol–water partition coefficient (Wildman–Crippen LogP) is 3.61. The molecule has 0 bridgehead atoms. The molecule has 2 heterocycles. The highest BCUT2D eigenvalue weighted by Gasteiger charge is 2.19. The third-order valence-electron chi connectivity index (χ3n) is 3.46. The summed E-state index contributed by atoms with van der Waals surface area (Å²) in [7, 11) is 0. The van der Waals surface area contributed by atoms with Gasteiger partial charge >= 0.3 is 0 Å². The van der Waals surface area contributed by atoms with E-state index in [0.29, 0.717) is 17.9 Å². The Labute approximate surface area is 143 Å². The molecule has 0 saturated heterocycles. The summed E-state index contributed by atoms with van der Waals surface area (Å²) in [6.07, 6.45) is 4.15. The molecule has 0 saturated carbocycles. The molecule has 1 aromatic carbocycles. The maximum atomic E-state index is 13.3. The summed E-state index contributed by atoms with van der Waals surface area (Å²) in [6.45, 7) is 1.82. The van der Waals surface area contributed by atoms with Crippen LogP contribution in [-0.4, -0.2) is 20.7 Å². The zero-order valence-electron chi connectivity index (χ0n) is 12.9. The van der Waals surface area contributed by atoms with Crippen LogP contribution in [0.25, 0.3) is 5.69 Å². The van der Waals surface area contributed by atoms with Gasteiger partial charge in [0.2, 0.25) is 5.91 Å². The van der Waals surface area contributed by atoms with E-state index >= 15 is 0 Å². The average molecular weight is 345 g/mol. The summed E-state index contributed by atoms with van der Waals surface area (Å²) in [5.74, 6) is -0.647. The maximum absolute atomic E-state index is 13.3. The summed E-state index contributed by atoms with van der Waals surface area (Å²) in [5.41, 5.74) is 1.84. The Morgan fingerprint density at radius 1 is 1.29 bits per heavy atom. The number of anilines is 1. The fourth-order valence-electron chi connectivity index (χ4n) is 2.32. The molecule has 0 spiro atoms. The van der Waals surface area contributed by atoms with Crippen LogP contribution in [0.4, 0.5) is 10.1 Å². The van der Waals surface area contributed by atoms with Gasteiger partial charge in [0.25, 0.3) is 0 Å². The van der Waals surface area contributed by atoms with Gasteiger partial charge in [0, 0.05) is 13.0 Å². The van der Waals surface area contributed by atoms with Crippen molar-refractivity contribution in [2.24, 2.45) is 0 Å². The molecule has 2 aromatic heterocycles. The zero-order valence-corrected chi connectivity index (χ0v) is 13.6. The van der Waals surface area contributed by atoms with Gasteiger partial charge in [0.1, 0.15) is 11.5 Å². The first-order chi connectivity index (χ1) is 11.5. The average Bonchev–Trinajstić information content (AvgIpc) is 2.95. The normalized spacial score (nSPS) is 10.6. The number of hydrogen-bond donors (Lipinski definition) is 0. The summed E-state index contributed by atoms with van der Waals surface area (Å²) < 4.78 is 14.7. The third kappa shape index (κ3) is 3.44. The highest BCUT2D eigenvalue weighted by molar-refractivity contribution is 6.32. The second kappa shape index (κ2) is 6.80. The van der Waals surface area contributed by atoms with Crippen molar-refractivity contribution in [2.45, 2.75) is 13.5 Å². The van der Waals surface area contributed by atoms with Crippen LogP contribution < -0.4 is 4.90 Å². The number of nitrogens with zero attached hydrogens (tertiary/aromatic N) is 4. The molecule has 0 N–H and O–H groups in total. The summed E-state index contributed by atoms with van der Waals surface area (Å²) in [6, 6.07) is 10.8. The van der Waals surface area contributed by atoms with Gasteiger partial charge in [-0.15, -0.1) is 0 Å². The molecule has 0 aliphatic heterocycles. The Morgan fingerprint density at radius 2 is 2.04 bits per heavy atom. The van der Waals surface area contributed by atoms with Crippen molar-refractivity contribution < 1.29 is 9.18 Å². The Hall–Kier alpha value is -2.73. The van der Waals surface area contributed by atoms with Crippen molar-refractivity contribution in [1.29, 1.82) is 0 Å². The molecule has 3 rings (SSSR count). The van der Waals surface area contributed by atoms with Crippen molar-refractivity contribution >= 4 is 23.2 Å². The lowest BCUT2D eigenvalue weighted by Crippen LogP contribution is -2.27. The monoisotopic (exact) mass is 344 g/mol. The van der Waals surface area contributed by atoms with E-state index in [-0.39, 0.29) is 11.1 Å². The van der Waals surface area contributed by atoms with E-state index in [1.165, 1.54) is 28.8 Å². The lowest BCUT2D eigenvalue weighted by atomic mass is 10.2. The van der Waals surface area contributed by atoms with Gasteiger partial charge in [-0.05, 0) is 5.56 Å². The molecule has 5 nitrogen and oxygen atoms in total. The van der Waals surface area contributed by atoms with Crippen molar-refractivity contribution in [1.82, 2.24) is 14.8 Å². The Balaban J connectivity index is 1.96. The molecule has 0 radical (unpaired) electrons. The van der Waals surface area contributed by atoms with E-state index in [2.05, 4.69) is 10.1 Å². The van der Waals surface area contributed by atoms with E-state index in [1.54, 1.807) is 6.20 Å². The van der Waals surface area contributed by atoms with Crippen LogP contribution in [0.1, 0.15) is 12.5 Å². The number of rotatable bonds is 4. The highest BCUT2D eigenvalue weighted by atomic mass is 35.5. The number of carbonyl (C=O) groups is 1. The van der Waals surface area contributed by atoms with Gasteiger partial charge in [-0.3, -0.25) is 9.78 Å². The van der Waals surface area contributed by atoms with Gasteiger partial charge < -0.3 is 4.90 Å². The van der Waals surface area contributed by atoms with Crippen molar-refractivity contribution in [3.63, 3.8) is 0 Å². The van der Waals surface area contributed by atoms with Crippen molar-refractivity contribution in [2.75, 3.05) is 4.90 Å². The molecule has 24 heavy (non-hydrogen) atoms. The second-order valence-corrected chi connectivity index (χ2v) is 5.56. The van der Waals surface area contributed by atoms with Crippen LogP contribution in [0.15, 0.2) is 55.0 Å². The van der Waals surface area contributed by atoms with Crippen molar-refractivity contribution in [3.05, 3.63) is 71.5 Å². The van der Waals surface area contributed by atoms with Gasteiger partial charge in [-0.25, -0.2) is 9.07 Å². The minimum absolute atomic E-state index is 0.158. The minimum atomic E-state index is -0.478. The van der Waals surface area contributed by atoms with Crippen LogP contribution in [-0.2, 0) is 11.3 Å². The predicted molar refractivity (Wildman–Crippen MR) is 89.6 cm³/mol.